The normalized spacial score (nSPS) is 23.2. The summed E-state index contributed by atoms with van der Waals surface area (Å²) in [6, 6.07) is 0.627. The fraction of sp³-hybridized carbons (Fsp3) is 1.00. The van der Waals surface area contributed by atoms with Gasteiger partial charge in [0.05, 0.1) is 0 Å². The van der Waals surface area contributed by atoms with Gasteiger partial charge in [0, 0.05) is 43.3 Å². The highest BCUT2D eigenvalue weighted by Gasteiger charge is 2.37. The molecule has 0 aromatic carbocycles. The van der Waals surface area contributed by atoms with Crippen molar-refractivity contribution in [3.8, 4) is 0 Å². The summed E-state index contributed by atoms with van der Waals surface area (Å²) < 4.78 is 0. The molecule has 0 bridgehead atoms. The zero-order valence-corrected chi connectivity index (χ0v) is 12.8. The third-order valence-corrected chi connectivity index (χ3v) is 3.48. The fourth-order valence-electron chi connectivity index (χ4n) is 3.17. The molecule has 1 aliphatic rings. The van der Waals surface area contributed by atoms with Crippen LogP contribution < -0.4 is 21.3 Å². The van der Waals surface area contributed by atoms with Gasteiger partial charge in [-0.25, -0.2) is 0 Å². The summed E-state index contributed by atoms with van der Waals surface area (Å²) in [6.45, 7) is 13.4. The number of piperidine rings is 1. The van der Waals surface area contributed by atoms with E-state index in [-0.39, 0.29) is 11.1 Å². The Morgan fingerprint density at radius 3 is 2.06 bits per heavy atom. The summed E-state index contributed by atoms with van der Waals surface area (Å²) in [7, 11) is 1.99. The van der Waals surface area contributed by atoms with Crippen molar-refractivity contribution >= 4 is 0 Å². The molecule has 0 aromatic heterocycles. The summed E-state index contributed by atoms with van der Waals surface area (Å²) in [4.78, 5) is 0. The second kappa shape index (κ2) is 6.85. The number of likely N-dealkylation sites (N-methyl/N-ethyl adjacent to an activating group) is 1. The van der Waals surface area contributed by atoms with Crippen LogP contribution in [0.25, 0.3) is 0 Å². The Morgan fingerprint density at radius 2 is 1.50 bits per heavy atom. The summed E-state index contributed by atoms with van der Waals surface area (Å²) in [5, 5.41) is 14.0. The van der Waals surface area contributed by atoms with E-state index < -0.39 is 0 Å². The predicted molar refractivity (Wildman–Crippen MR) is 79.1 cm³/mol. The van der Waals surface area contributed by atoms with Gasteiger partial charge in [-0.3, -0.25) is 0 Å². The highest BCUT2D eigenvalue weighted by molar-refractivity contribution is 4.99. The second-order valence-electron chi connectivity index (χ2n) is 6.81. The van der Waals surface area contributed by atoms with Crippen LogP contribution in [0, 0.1) is 0 Å². The minimum absolute atomic E-state index is 0.235. The molecule has 4 nitrogen and oxygen atoms in total. The van der Waals surface area contributed by atoms with Crippen LogP contribution in [0.15, 0.2) is 0 Å². The van der Waals surface area contributed by atoms with Crippen LogP contribution in [-0.4, -0.2) is 50.3 Å². The summed E-state index contributed by atoms with van der Waals surface area (Å²) in [5.41, 5.74) is 0.470. The molecule has 1 aliphatic heterocycles. The van der Waals surface area contributed by atoms with Crippen molar-refractivity contribution in [2.75, 3.05) is 33.2 Å². The van der Waals surface area contributed by atoms with Crippen molar-refractivity contribution in [2.45, 2.75) is 57.7 Å². The number of rotatable bonds is 7. The summed E-state index contributed by atoms with van der Waals surface area (Å²) in [5.74, 6) is 0. The maximum Gasteiger partial charge on any atom is 0.0144 e. The average Bonchev–Trinajstić information content (AvgIpc) is 2.18. The van der Waals surface area contributed by atoms with Gasteiger partial charge in [-0.2, -0.15) is 0 Å². The van der Waals surface area contributed by atoms with Crippen molar-refractivity contribution in [1.29, 1.82) is 0 Å². The molecule has 4 heteroatoms. The van der Waals surface area contributed by atoms with E-state index >= 15 is 0 Å². The second-order valence-corrected chi connectivity index (χ2v) is 6.81. The van der Waals surface area contributed by atoms with Crippen LogP contribution in [0.3, 0.4) is 0 Å². The highest BCUT2D eigenvalue weighted by atomic mass is 15.1. The monoisotopic (exact) mass is 256 g/mol. The molecule has 0 aliphatic carbocycles. The standard InChI is InChI=1S/C14H32N4/c1-13(2)10-12(11-14(3,4)18-13)17-9-8-16-7-6-15-5/h12,15-18H,6-11H2,1-5H3. The maximum absolute atomic E-state index is 3.72. The van der Waals surface area contributed by atoms with E-state index in [0.717, 1.165) is 26.2 Å². The lowest BCUT2D eigenvalue weighted by atomic mass is 9.79. The SMILES string of the molecule is CNCCNCCNC1CC(C)(C)NC(C)(C)C1. The Labute approximate surface area is 113 Å². The third kappa shape index (κ3) is 6.14. The van der Waals surface area contributed by atoms with Gasteiger partial charge in [0.25, 0.3) is 0 Å². The topological polar surface area (TPSA) is 48.1 Å². The maximum atomic E-state index is 3.72. The summed E-state index contributed by atoms with van der Waals surface area (Å²) >= 11 is 0. The molecule has 0 spiro atoms. The van der Waals surface area contributed by atoms with Crippen molar-refractivity contribution in [1.82, 2.24) is 21.3 Å². The molecule has 0 atom stereocenters. The minimum Gasteiger partial charge on any atom is -0.318 e. The molecule has 0 unspecified atom stereocenters. The van der Waals surface area contributed by atoms with E-state index in [0.29, 0.717) is 6.04 Å². The van der Waals surface area contributed by atoms with Crippen LogP contribution in [0.1, 0.15) is 40.5 Å². The van der Waals surface area contributed by atoms with E-state index in [1.165, 1.54) is 12.8 Å². The van der Waals surface area contributed by atoms with E-state index in [4.69, 9.17) is 0 Å². The first-order chi connectivity index (χ1) is 8.35. The molecular formula is C14H32N4. The molecule has 0 aromatic rings. The van der Waals surface area contributed by atoms with Gasteiger partial charge in [-0.05, 0) is 47.6 Å². The molecule has 18 heavy (non-hydrogen) atoms. The zero-order chi connectivity index (χ0) is 13.6. The Hall–Kier alpha value is -0.160. The molecule has 4 N–H and O–H groups in total. The lowest BCUT2D eigenvalue weighted by Gasteiger charge is -2.46. The van der Waals surface area contributed by atoms with Crippen LogP contribution in [-0.2, 0) is 0 Å². The number of hydrogen-bond donors (Lipinski definition) is 4. The van der Waals surface area contributed by atoms with Crippen molar-refractivity contribution in [3.05, 3.63) is 0 Å². The molecule has 1 fully saturated rings. The van der Waals surface area contributed by atoms with Gasteiger partial charge in [-0.15, -0.1) is 0 Å². The lowest BCUT2D eigenvalue weighted by molar-refractivity contribution is 0.146. The molecule has 0 radical (unpaired) electrons. The van der Waals surface area contributed by atoms with E-state index in [2.05, 4.69) is 49.0 Å². The zero-order valence-electron chi connectivity index (χ0n) is 12.8. The highest BCUT2D eigenvalue weighted by Crippen LogP contribution is 2.28. The van der Waals surface area contributed by atoms with E-state index in [1.807, 2.05) is 7.05 Å². The van der Waals surface area contributed by atoms with Gasteiger partial charge < -0.3 is 21.3 Å². The van der Waals surface area contributed by atoms with Crippen LogP contribution in [0.2, 0.25) is 0 Å². The summed E-state index contributed by atoms with van der Waals surface area (Å²) in [6.07, 6.45) is 2.40. The van der Waals surface area contributed by atoms with Crippen LogP contribution >= 0.6 is 0 Å². The molecule has 108 valence electrons. The first-order valence-corrected chi connectivity index (χ1v) is 7.23. The third-order valence-electron chi connectivity index (χ3n) is 3.48. The Kier molecular flexibility index (Phi) is 6.05. The molecule has 1 saturated heterocycles. The van der Waals surface area contributed by atoms with Crippen LogP contribution in [0.4, 0.5) is 0 Å². The Balaban J connectivity index is 2.21. The predicted octanol–water partition coefficient (Wildman–Crippen LogP) is 0.694. The van der Waals surface area contributed by atoms with E-state index in [9.17, 15) is 0 Å². The number of hydrogen-bond acceptors (Lipinski definition) is 4. The van der Waals surface area contributed by atoms with Crippen molar-refractivity contribution in [2.24, 2.45) is 0 Å². The molecule has 0 amide bonds. The smallest absolute Gasteiger partial charge is 0.0144 e. The molecular weight excluding hydrogens is 224 g/mol. The Bertz CT molecular complexity index is 222. The average molecular weight is 256 g/mol. The largest absolute Gasteiger partial charge is 0.318 e. The first kappa shape index (κ1) is 15.9. The quantitative estimate of drug-likeness (QED) is 0.506. The van der Waals surface area contributed by atoms with Gasteiger partial charge >= 0.3 is 0 Å². The molecule has 1 heterocycles. The van der Waals surface area contributed by atoms with E-state index in [1.54, 1.807) is 0 Å². The fourth-order valence-corrected chi connectivity index (χ4v) is 3.17. The van der Waals surface area contributed by atoms with Crippen molar-refractivity contribution in [3.63, 3.8) is 0 Å². The first-order valence-electron chi connectivity index (χ1n) is 7.23. The lowest BCUT2D eigenvalue weighted by Crippen LogP contribution is -2.61. The minimum atomic E-state index is 0.235. The van der Waals surface area contributed by atoms with Gasteiger partial charge in [0.1, 0.15) is 0 Å². The van der Waals surface area contributed by atoms with Gasteiger partial charge in [0.15, 0.2) is 0 Å². The van der Waals surface area contributed by atoms with Crippen molar-refractivity contribution < 1.29 is 0 Å². The molecule has 0 saturated carbocycles. The van der Waals surface area contributed by atoms with Gasteiger partial charge in [-0.1, -0.05) is 0 Å². The van der Waals surface area contributed by atoms with Gasteiger partial charge in [0.2, 0.25) is 0 Å². The van der Waals surface area contributed by atoms with Crippen LogP contribution in [0.5, 0.6) is 0 Å². The number of nitrogens with one attached hydrogen (secondary N) is 4. The molecule has 1 rings (SSSR count). The Morgan fingerprint density at radius 1 is 0.944 bits per heavy atom.